The molecule has 0 unspecified atom stereocenters. The molecule has 0 saturated heterocycles. The first-order chi connectivity index (χ1) is 22.1. The van der Waals surface area contributed by atoms with Crippen molar-refractivity contribution in [2.75, 3.05) is 11.5 Å². The maximum atomic E-state index is 14.2. The summed E-state index contributed by atoms with van der Waals surface area (Å²) in [6.45, 7) is 0. The molecule has 0 saturated carbocycles. The van der Waals surface area contributed by atoms with Crippen LogP contribution in [0, 0.1) is 0 Å². The van der Waals surface area contributed by atoms with E-state index in [4.69, 9.17) is 11.5 Å². The second kappa shape index (κ2) is 12.0. The van der Waals surface area contributed by atoms with E-state index in [9.17, 15) is 92.2 Å². The predicted molar refractivity (Wildman–Crippen MR) is 123 cm³/mol. The summed E-state index contributed by atoms with van der Waals surface area (Å²) in [5.41, 5.74) is -17.3. The van der Waals surface area contributed by atoms with E-state index in [2.05, 4.69) is 9.47 Å². The second-order valence-corrected chi connectivity index (χ2v) is 9.49. The van der Waals surface area contributed by atoms with Crippen LogP contribution in [0.15, 0.2) is 30.3 Å². The van der Waals surface area contributed by atoms with Gasteiger partial charge >= 0.3 is 43.2 Å². The summed E-state index contributed by atoms with van der Waals surface area (Å²) in [7, 11) is 0. The van der Waals surface area contributed by atoms with E-state index in [1.807, 2.05) is 0 Å². The minimum Gasteiger partial charge on any atom is -0.456 e. The molecule has 0 aliphatic carbocycles. The average Bonchev–Trinajstić information content (AvgIpc) is 2.85. The molecule has 3 rings (SSSR count). The van der Waals surface area contributed by atoms with E-state index in [0.717, 1.165) is 0 Å². The highest BCUT2D eigenvalue weighted by Gasteiger charge is 2.53. The van der Waals surface area contributed by atoms with Crippen molar-refractivity contribution in [2.24, 2.45) is 0 Å². The van der Waals surface area contributed by atoms with Crippen molar-refractivity contribution < 1.29 is 102 Å². The third kappa shape index (κ3) is 7.89. The zero-order valence-corrected chi connectivity index (χ0v) is 22.8. The summed E-state index contributed by atoms with van der Waals surface area (Å²) in [5.74, 6) is -10.0. The van der Waals surface area contributed by atoms with Gasteiger partial charge in [-0.15, -0.1) is 0 Å². The van der Waals surface area contributed by atoms with Crippen LogP contribution in [-0.2, 0) is 43.2 Å². The Labute approximate surface area is 260 Å². The highest BCUT2D eigenvalue weighted by Crippen LogP contribution is 2.56. The smallest absolute Gasteiger partial charge is 0.423 e. The maximum Gasteiger partial charge on any atom is 0.423 e. The molecule has 0 heterocycles. The fraction of sp³-hybridized carbons (Fsp3) is 0.280. The van der Waals surface area contributed by atoms with Crippen molar-refractivity contribution in [3.05, 3.63) is 69.3 Å². The van der Waals surface area contributed by atoms with Crippen LogP contribution in [0.1, 0.15) is 38.9 Å². The zero-order chi connectivity index (χ0) is 39.0. The Kier molecular flexibility index (Phi) is 9.57. The fourth-order valence-electron chi connectivity index (χ4n) is 4.33. The van der Waals surface area contributed by atoms with Crippen LogP contribution in [0.3, 0.4) is 0 Å². The SMILES string of the molecule is Nc1c(C(F)(F)F)cc(Oc2cccc(Oc3cc(C(F)(F)F)c(N)c(C(F)(F)F)c3C(F)(F)F)c2C(F)(F)F)c(C(F)(F)F)c1C(F)(F)F. The van der Waals surface area contributed by atoms with E-state index in [1.54, 1.807) is 0 Å². The van der Waals surface area contributed by atoms with Crippen LogP contribution in [0.5, 0.6) is 23.0 Å². The lowest BCUT2D eigenvalue weighted by Gasteiger charge is -2.26. The molecule has 0 aliphatic rings. The molecule has 50 heavy (non-hydrogen) atoms. The van der Waals surface area contributed by atoms with Gasteiger partial charge in [0.15, 0.2) is 0 Å². The number of ether oxygens (including phenoxy) is 2. The summed E-state index contributed by atoms with van der Waals surface area (Å²) in [5, 5.41) is 0. The molecular formula is C25H9F21N2O2. The molecule has 0 aromatic heterocycles. The summed E-state index contributed by atoms with van der Waals surface area (Å²) in [6.07, 6.45) is -44.1. The van der Waals surface area contributed by atoms with Gasteiger partial charge in [0, 0.05) is 0 Å². The van der Waals surface area contributed by atoms with Crippen LogP contribution in [-0.4, -0.2) is 0 Å². The molecule has 4 nitrogen and oxygen atoms in total. The molecule has 0 amide bonds. The van der Waals surface area contributed by atoms with Crippen LogP contribution in [0.4, 0.5) is 104 Å². The topological polar surface area (TPSA) is 70.5 Å². The van der Waals surface area contributed by atoms with Crippen molar-refractivity contribution in [1.82, 2.24) is 0 Å². The third-order valence-corrected chi connectivity index (χ3v) is 6.12. The van der Waals surface area contributed by atoms with Gasteiger partial charge in [0.1, 0.15) is 39.7 Å². The number of hydrogen-bond donors (Lipinski definition) is 2. The number of rotatable bonds is 4. The van der Waals surface area contributed by atoms with E-state index in [0.29, 0.717) is 0 Å². The Hall–Kier alpha value is -4.61. The quantitative estimate of drug-likeness (QED) is 0.205. The second-order valence-electron chi connectivity index (χ2n) is 9.49. The lowest BCUT2D eigenvalue weighted by molar-refractivity contribution is -0.163. The van der Waals surface area contributed by atoms with Gasteiger partial charge in [0.25, 0.3) is 0 Å². The van der Waals surface area contributed by atoms with Crippen molar-refractivity contribution in [3.8, 4) is 23.0 Å². The molecule has 0 aliphatic heterocycles. The lowest BCUT2D eigenvalue weighted by atomic mass is 9.97. The van der Waals surface area contributed by atoms with Gasteiger partial charge < -0.3 is 20.9 Å². The first kappa shape index (κ1) is 39.8. The number of nitrogen functional groups attached to an aromatic ring is 2. The minimum absolute atomic E-state index is 0.0969. The van der Waals surface area contributed by atoms with Crippen LogP contribution in [0.2, 0.25) is 0 Å². The van der Waals surface area contributed by atoms with Gasteiger partial charge in [0.2, 0.25) is 0 Å². The Morgan fingerprint density at radius 1 is 0.340 bits per heavy atom. The first-order valence-corrected chi connectivity index (χ1v) is 12.0. The minimum atomic E-state index is -6.43. The Balaban J connectivity index is 2.49. The van der Waals surface area contributed by atoms with E-state index < -0.39 is 129 Å². The van der Waals surface area contributed by atoms with Crippen LogP contribution < -0.4 is 20.9 Å². The number of benzene rings is 3. The number of hydrogen-bond acceptors (Lipinski definition) is 4. The summed E-state index contributed by atoms with van der Waals surface area (Å²) >= 11 is 0. The summed E-state index contributed by atoms with van der Waals surface area (Å²) < 4.78 is 297. The predicted octanol–water partition coefficient (Wildman–Crippen LogP) is 11.6. The molecular weight excluding hydrogens is 759 g/mol. The normalized spacial score (nSPS) is 13.9. The molecule has 3 aromatic carbocycles. The zero-order valence-electron chi connectivity index (χ0n) is 22.8. The van der Waals surface area contributed by atoms with Gasteiger partial charge in [-0.2, -0.15) is 92.2 Å². The standard InChI is InChI=1S/C25H9F21N2O2/c26-19(27,28)6-4-10(13(22(35,36)37)15(17(6)47)24(41,42)43)49-8-2-1-3-9(12(8)21(32,33)34)50-11-5-7(20(29,30)31)18(48)16(25(44,45)46)14(11)23(38,39)40/h1-5H,47-48H2. The fourth-order valence-corrected chi connectivity index (χ4v) is 4.33. The number of halogens is 21. The number of nitrogens with two attached hydrogens (primary N) is 2. The molecule has 3 aromatic rings. The molecule has 25 heteroatoms. The van der Waals surface area contributed by atoms with Gasteiger partial charge in [-0.1, -0.05) is 6.07 Å². The Morgan fingerprint density at radius 3 is 0.820 bits per heavy atom. The van der Waals surface area contributed by atoms with Gasteiger partial charge in [-0.05, 0) is 24.3 Å². The van der Waals surface area contributed by atoms with Crippen molar-refractivity contribution in [2.45, 2.75) is 43.2 Å². The van der Waals surface area contributed by atoms with E-state index >= 15 is 0 Å². The van der Waals surface area contributed by atoms with Crippen molar-refractivity contribution >= 4 is 11.4 Å². The van der Waals surface area contributed by atoms with Crippen LogP contribution in [0.25, 0.3) is 0 Å². The highest BCUT2D eigenvalue weighted by molar-refractivity contribution is 5.67. The van der Waals surface area contributed by atoms with Gasteiger partial charge in [0.05, 0.1) is 33.6 Å². The third-order valence-electron chi connectivity index (χ3n) is 6.12. The molecule has 0 radical (unpaired) electrons. The molecule has 4 N–H and O–H groups in total. The van der Waals surface area contributed by atoms with Crippen LogP contribution >= 0.6 is 0 Å². The molecule has 0 bridgehead atoms. The highest BCUT2D eigenvalue weighted by atomic mass is 19.4. The monoisotopic (exact) mass is 768 g/mol. The van der Waals surface area contributed by atoms with Crippen molar-refractivity contribution in [1.29, 1.82) is 0 Å². The van der Waals surface area contributed by atoms with Gasteiger partial charge in [-0.3, -0.25) is 0 Å². The van der Waals surface area contributed by atoms with Crippen molar-refractivity contribution in [3.63, 3.8) is 0 Å². The molecule has 0 atom stereocenters. The largest absolute Gasteiger partial charge is 0.456 e. The number of anilines is 2. The summed E-state index contributed by atoms with van der Waals surface area (Å²) in [6, 6.07) is -2.05. The summed E-state index contributed by atoms with van der Waals surface area (Å²) in [4.78, 5) is 0. The Bertz CT molecular complexity index is 1650. The van der Waals surface area contributed by atoms with Gasteiger partial charge in [-0.25, -0.2) is 0 Å². The van der Waals surface area contributed by atoms with E-state index in [1.165, 1.54) is 0 Å². The number of alkyl halides is 21. The first-order valence-electron chi connectivity index (χ1n) is 12.0. The lowest BCUT2D eigenvalue weighted by Crippen LogP contribution is -2.23. The Morgan fingerprint density at radius 2 is 0.600 bits per heavy atom. The molecule has 0 fully saturated rings. The average molecular weight is 768 g/mol. The maximum absolute atomic E-state index is 14.2. The van der Waals surface area contributed by atoms with E-state index in [-0.39, 0.29) is 18.2 Å². The molecule has 0 spiro atoms. The molecule has 278 valence electrons.